The third-order valence-corrected chi connectivity index (χ3v) is 6.84. The fourth-order valence-electron chi connectivity index (χ4n) is 4.28. The highest BCUT2D eigenvalue weighted by atomic mass is 16.2. The maximum Gasteiger partial charge on any atom is 0.255 e. The summed E-state index contributed by atoms with van der Waals surface area (Å²) >= 11 is 0. The molecule has 0 bridgehead atoms. The number of hydrogen-bond acceptors (Lipinski definition) is 4. The second-order valence-electron chi connectivity index (χ2n) is 9.76. The Balaban J connectivity index is 1.06. The smallest absolute Gasteiger partial charge is 0.255 e. The molecule has 2 atom stereocenters. The first-order chi connectivity index (χ1) is 17.5. The Bertz CT molecular complexity index is 1250. The molecule has 184 valence electrons. The number of nitrogens with one attached hydrogen (secondary N) is 3. The molecule has 5 N–H and O–H groups in total. The maximum absolute atomic E-state index is 12.4. The van der Waals surface area contributed by atoms with Crippen LogP contribution in [0.2, 0.25) is 0 Å². The largest absolute Gasteiger partial charge is 0.397 e. The fourth-order valence-corrected chi connectivity index (χ4v) is 4.28. The highest BCUT2D eigenvalue weighted by Gasteiger charge is 2.38. The molecule has 36 heavy (non-hydrogen) atoms. The summed E-state index contributed by atoms with van der Waals surface area (Å²) in [5.41, 5.74) is 10.8. The van der Waals surface area contributed by atoms with Crippen LogP contribution >= 0.6 is 0 Å². The summed E-state index contributed by atoms with van der Waals surface area (Å²) < 4.78 is 0. The number of amides is 2. The highest BCUT2D eigenvalue weighted by molar-refractivity contribution is 6.05. The average molecular weight is 481 g/mol. The number of para-hydroxylation sites is 2. The molecule has 1 unspecified atom stereocenters. The molecule has 2 saturated carbocycles. The molecule has 2 fully saturated rings. The Morgan fingerprint density at radius 1 is 0.944 bits per heavy atom. The number of anilines is 2. The predicted octanol–water partition coefficient (Wildman–Crippen LogP) is 4.71. The van der Waals surface area contributed by atoms with E-state index in [1.807, 2.05) is 30.3 Å². The van der Waals surface area contributed by atoms with E-state index in [0.29, 0.717) is 35.4 Å². The van der Waals surface area contributed by atoms with Gasteiger partial charge in [-0.2, -0.15) is 0 Å². The first-order valence-corrected chi connectivity index (χ1v) is 12.6. The third-order valence-electron chi connectivity index (χ3n) is 6.84. The van der Waals surface area contributed by atoms with Gasteiger partial charge in [-0.3, -0.25) is 9.59 Å². The minimum atomic E-state index is -0.232. The quantitative estimate of drug-likeness (QED) is 0.250. The van der Waals surface area contributed by atoms with Crippen LogP contribution < -0.4 is 21.7 Å². The molecule has 3 aromatic rings. The molecule has 2 aliphatic rings. The van der Waals surface area contributed by atoms with E-state index in [2.05, 4.69) is 40.2 Å². The van der Waals surface area contributed by atoms with Crippen LogP contribution in [0.4, 0.5) is 11.4 Å². The van der Waals surface area contributed by atoms with Crippen LogP contribution in [0.5, 0.6) is 0 Å². The Morgan fingerprint density at radius 3 is 2.42 bits per heavy atom. The zero-order valence-electron chi connectivity index (χ0n) is 20.2. The van der Waals surface area contributed by atoms with Crippen LogP contribution in [0.1, 0.15) is 52.2 Å². The summed E-state index contributed by atoms with van der Waals surface area (Å²) in [5.74, 6) is 1.14. The van der Waals surface area contributed by atoms with Crippen LogP contribution in [0.25, 0.3) is 6.08 Å². The van der Waals surface area contributed by atoms with Crippen molar-refractivity contribution in [3.8, 4) is 0 Å². The zero-order valence-corrected chi connectivity index (χ0v) is 20.2. The van der Waals surface area contributed by atoms with Crippen molar-refractivity contribution in [1.82, 2.24) is 10.6 Å². The van der Waals surface area contributed by atoms with Gasteiger partial charge in [-0.1, -0.05) is 48.5 Å². The standard InChI is InChI=1S/C30H32N4O2/c31-26-3-1-2-4-27(26)34-30(36)24-14-9-22(10-15-24)19-33-29(35)16-11-20-7-12-23(13-8-20)25-17-28(25)32-18-21-5-6-21/h1-4,7-16,21,25,28,32H,5-6,17-19,31H2,(H,33,35)(H,34,36)/b16-11+/t25-,28?/m1/s1. The molecular formula is C30H32N4O2. The van der Waals surface area contributed by atoms with E-state index in [-0.39, 0.29) is 11.8 Å². The van der Waals surface area contributed by atoms with Gasteiger partial charge in [0.1, 0.15) is 0 Å². The van der Waals surface area contributed by atoms with Gasteiger partial charge in [0.2, 0.25) is 5.91 Å². The molecule has 0 saturated heterocycles. The van der Waals surface area contributed by atoms with Crippen LogP contribution in [0, 0.1) is 5.92 Å². The molecule has 3 aromatic carbocycles. The van der Waals surface area contributed by atoms with Gasteiger partial charge in [-0.25, -0.2) is 0 Å². The van der Waals surface area contributed by atoms with Gasteiger partial charge in [-0.15, -0.1) is 0 Å². The molecule has 6 nitrogen and oxygen atoms in total. The second kappa shape index (κ2) is 10.8. The summed E-state index contributed by atoms with van der Waals surface area (Å²) in [4.78, 5) is 24.7. The number of nitrogens with two attached hydrogens (primary N) is 1. The van der Waals surface area contributed by atoms with E-state index in [9.17, 15) is 9.59 Å². The normalized spacial score (nSPS) is 18.7. The molecule has 0 radical (unpaired) electrons. The lowest BCUT2D eigenvalue weighted by Gasteiger charge is -2.08. The minimum absolute atomic E-state index is 0.160. The Kier molecular flexibility index (Phi) is 7.14. The monoisotopic (exact) mass is 480 g/mol. The first kappa shape index (κ1) is 23.8. The number of nitrogen functional groups attached to an aromatic ring is 1. The summed E-state index contributed by atoms with van der Waals surface area (Å²) in [5, 5.41) is 9.38. The van der Waals surface area contributed by atoms with Gasteiger partial charge in [0.05, 0.1) is 11.4 Å². The average Bonchev–Trinajstić information content (AvgIpc) is 3.82. The Labute approximate surface area is 212 Å². The third kappa shape index (κ3) is 6.40. The fraction of sp³-hybridized carbons (Fsp3) is 0.267. The maximum atomic E-state index is 12.4. The topological polar surface area (TPSA) is 96.2 Å². The predicted molar refractivity (Wildman–Crippen MR) is 144 cm³/mol. The van der Waals surface area contributed by atoms with E-state index in [1.54, 1.807) is 30.3 Å². The second-order valence-corrected chi connectivity index (χ2v) is 9.76. The van der Waals surface area contributed by atoms with Crippen molar-refractivity contribution in [1.29, 1.82) is 0 Å². The molecule has 5 rings (SSSR count). The summed E-state index contributed by atoms with van der Waals surface area (Å²) in [7, 11) is 0. The van der Waals surface area contributed by atoms with Crippen molar-refractivity contribution < 1.29 is 9.59 Å². The summed E-state index contributed by atoms with van der Waals surface area (Å²) in [6, 6.07) is 23.4. The number of carbonyl (C=O) groups is 2. The Hall–Kier alpha value is -3.90. The number of hydrogen-bond donors (Lipinski definition) is 4. The van der Waals surface area contributed by atoms with Crippen molar-refractivity contribution in [2.24, 2.45) is 5.92 Å². The molecule has 0 heterocycles. The van der Waals surface area contributed by atoms with Gasteiger partial charge >= 0.3 is 0 Å². The molecule has 0 aliphatic heterocycles. The number of carbonyl (C=O) groups excluding carboxylic acids is 2. The van der Waals surface area contributed by atoms with Gasteiger partial charge < -0.3 is 21.7 Å². The van der Waals surface area contributed by atoms with Gasteiger partial charge in [0, 0.05) is 30.1 Å². The molecule has 2 amide bonds. The van der Waals surface area contributed by atoms with Crippen LogP contribution in [0.15, 0.2) is 78.9 Å². The SMILES string of the molecule is Nc1ccccc1NC(=O)c1ccc(CNC(=O)/C=C/c2ccc([C@H]3CC3NCC3CC3)cc2)cc1. The van der Waals surface area contributed by atoms with Crippen molar-refractivity contribution in [2.75, 3.05) is 17.6 Å². The van der Waals surface area contributed by atoms with E-state index < -0.39 is 0 Å². The van der Waals surface area contributed by atoms with Crippen molar-refractivity contribution >= 4 is 29.3 Å². The van der Waals surface area contributed by atoms with E-state index in [0.717, 1.165) is 17.0 Å². The zero-order chi connectivity index (χ0) is 24.9. The number of benzene rings is 3. The lowest BCUT2D eigenvalue weighted by molar-refractivity contribution is -0.116. The molecular weight excluding hydrogens is 448 g/mol. The van der Waals surface area contributed by atoms with Gasteiger partial charge in [-0.05, 0) is 78.8 Å². The Morgan fingerprint density at radius 2 is 1.69 bits per heavy atom. The van der Waals surface area contributed by atoms with Gasteiger partial charge in [0.25, 0.3) is 5.91 Å². The van der Waals surface area contributed by atoms with E-state index in [1.165, 1.54) is 31.4 Å². The molecule has 2 aliphatic carbocycles. The lowest BCUT2D eigenvalue weighted by atomic mass is 10.1. The van der Waals surface area contributed by atoms with Gasteiger partial charge in [0.15, 0.2) is 0 Å². The van der Waals surface area contributed by atoms with Crippen molar-refractivity contribution in [3.63, 3.8) is 0 Å². The lowest BCUT2D eigenvalue weighted by Crippen LogP contribution is -2.20. The van der Waals surface area contributed by atoms with Crippen LogP contribution in [0.3, 0.4) is 0 Å². The van der Waals surface area contributed by atoms with Crippen molar-refractivity contribution in [3.05, 3.63) is 101 Å². The minimum Gasteiger partial charge on any atom is -0.397 e. The first-order valence-electron chi connectivity index (χ1n) is 12.6. The summed E-state index contributed by atoms with van der Waals surface area (Å²) in [6.45, 7) is 1.55. The van der Waals surface area contributed by atoms with Crippen LogP contribution in [-0.4, -0.2) is 24.4 Å². The summed E-state index contributed by atoms with van der Waals surface area (Å²) in [6.07, 6.45) is 7.37. The van der Waals surface area contributed by atoms with Crippen LogP contribution in [-0.2, 0) is 11.3 Å². The molecule has 0 aromatic heterocycles. The molecule has 6 heteroatoms. The number of rotatable bonds is 10. The molecule has 0 spiro atoms. The van der Waals surface area contributed by atoms with E-state index >= 15 is 0 Å². The highest BCUT2D eigenvalue weighted by Crippen LogP contribution is 2.41. The van der Waals surface area contributed by atoms with E-state index in [4.69, 9.17) is 5.73 Å². The van der Waals surface area contributed by atoms with Crippen molar-refractivity contribution in [2.45, 2.75) is 37.8 Å².